The first-order chi connectivity index (χ1) is 8.24. The second-order valence-electron chi connectivity index (χ2n) is 4.46. The first-order valence-corrected chi connectivity index (χ1v) is 6.81. The predicted octanol–water partition coefficient (Wildman–Crippen LogP) is 0.816. The summed E-state index contributed by atoms with van der Waals surface area (Å²) >= 11 is 2.31. The van der Waals surface area contributed by atoms with Gasteiger partial charge in [-0.15, -0.1) is 0 Å². The van der Waals surface area contributed by atoms with E-state index in [9.17, 15) is 4.79 Å². The van der Waals surface area contributed by atoms with Crippen LogP contribution in [0, 0.1) is 9.49 Å². The van der Waals surface area contributed by atoms with Crippen molar-refractivity contribution in [2.45, 2.75) is 12.8 Å². The molecule has 0 aromatic heterocycles. The molecule has 1 aromatic rings. The minimum atomic E-state index is -0.368. The Hall–Kier alpha value is -0.820. The van der Waals surface area contributed by atoms with Gasteiger partial charge in [-0.05, 0) is 72.1 Å². The summed E-state index contributed by atoms with van der Waals surface area (Å²) in [5.41, 5.74) is 1.19. The van der Waals surface area contributed by atoms with Crippen molar-refractivity contribution in [3.8, 4) is 0 Å². The maximum absolute atomic E-state index is 11.3. The number of nitrogens with zero attached hydrogens (tertiary/aromatic N) is 2. The molecule has 2 amide bonds. The van der Waals surface area contributed by atoms with Gasteiger partial charge >= 0.3 is 6.03 Å². The lowest BCUT2D eigenvalue weighted by Crippen LogP contribution is -2.29. The largest absolute Gasteiger partial charge is 0.368 e. The molecule has 1 unspecified atom stereocenters. The summed E-state index contributed by atoms with van der Waals surface area (Å²) in [5.74, 6) is 0.654. The summed E-state index contributed by atoms with van der Waals surface area (Å²) in [6, 6.07) is 3.53. The Balaban J connectivity index is 2.05. The Morgan fingerprint density at radius 1 is 1.41 bits per heavy atom. The molecule has 0 saturated carbocycles. The number of hydrogen-bond acceptors (Lipinski definition) is 2. The van der Waals surface area contributed by atoms with Gasteiger partial charge in [0.05, 0.1) is 10.7 Å². The Labute approximate surface area is 112 Å². The molecule has 0 radical (unpaired) electrons. The number of benzene rings is 1. The summed E-state index contributed by atoms with van der Waals surface area (Å²) in [4.78, 5) is 19.2. The number of carbonyl (C=O) groups is 1. The molecule has 1 aromatic carbocycles. The van der Waals surface area contributed by atoms with Gasteiger partial charge < -0.3 is 5.32 Å². The molecule has 88 valence electrons. The van der Waals surface area contributed by atoms with Crippen molar-refractivity contribution in [3.05, 3.63) is 32.0 Å². The second kappa shape index (κ2) is 4.45. The quantitative estimate of drug-likeness (QED) is 0.810. The third-order valence-corrected chi connectivity index (χ3v) is 4.29. The maximum atomic E-state index is 11.3. The van der Waals surface area contributed by atoms with Crippen LogP contribution in [0.15, 0.2) is 22.1 Å². The highest BCUT2D eigenvalue weighted by Crippen LogP contribution is 2.16. The van der Waals surface area contributed by atoms with Gasteiger partial charge in [-0.2, -0.15) is 9.98 Å². The number of carbonyl (C=O) groups excluding carboxylic acids is 1. The lowest BCUT2D eigenvalue weighted by atomic mass is 9.98. The molecule has 1 atom stereocenters. The van der Waals surface area contributed by atoms with E-state index in [1.165, 1.54) is 15.6 Å². The molecule has 17 heavy (non-hydrogen) atoms. The summed E-state index contributed by atoms with van der Waals surface area (Å²) in [7, 11) is 0. The number of hydrogen-bond donors (Lipinski definition) is 1. The van der Waals surface area contributed by atoms with Crippen LogP contribution in [0.3, 0.4) is 0 Å². The van der Waals surface area contributed by atoms with Crippen LogP contribution in [0.4, 0.5) is 4.79 Å². The average Bonchev–Trinajstić information content (AvgIpc) is 2.91. The van der Waals surface area contributed by atoms with Gasteiger partial charge in [0.15, 0.2) is 0 Å². The van der Waals surface area contributed by atoms with E-state index in [0.29, 0.717) is 5.92 Å². The summed E-state index contributed by atoms with van der Waals surface area (Å²) in [6.45, 7) is 2.15. The van der Waals surface area contributed by atoms with E-state index in [-0.39, 0.29) is 6.03 Å². The molecule has 3 rings (SSSR count). The van der Waals surface area contributed by atoms with Crippen molar-refractivity contribution in [1.29, 1.82) is 0 Å². The predicted molar refractivity (Wildman–Crippen MR) is 71.5 cm³/mol. The van der Waals surface area contributed by atoms with Crippen molar-refractivity contribution < 1.29 is 4.79 Å². The van der Waals surface area contributed by atoms with Crippen LogP contribution in [-0.4, -0.2) is 19.1 Å². The van der Waals surface area contributed by atoms with Crippen LogP contribution in [0.1, 0.15) is 12.0 Å². The fraction of sp³-hybridized carbons (Fsp3) is 0.417. The number of fused-ring (bicyclic) bond motifs is 1. The fourth-order valence-electron chi connectivity index (χ4n) is 2.41. The van der Waals surface area contributed by atoms with E-state index in [2.05, 4.69) is 37.9 Å². The molecule has 0 spiro atoms. The number of nitrogens with one attached hydrogen (secondary N) is 1. The molecular formula is C12H12IN3O. The molecule has 0 aliphatic carbocycles. The third-order valence-electron chi connectivity index (χ3n) is 3.28. The zero-order valence-corrected chi connectivity index (χ0v) is 11.4. The number of rotatable bonds is 2. The van der Waals surface area contributed by atoms with Crippen molar-refractivity contribution >= 4 is 28.6 Å². The Morgan fingerprint density at radius 2 is 2.29 bits per heavy atom. The highest BCUT2D eigenvalue weighted by Gasteiger charge is 2.19. The van der Waals surface area contributed by atoms with E-state index < -0.39 is 0 Å². The number of amides is 2. The van der Waals surface area contributed by atoms with E-state index in [0.717, 1.165) is 30.2 Å². The minimum absolute atomic E-state index is 0.368. The normalized spacial score (nSPS) is 22.2. The molecule has 1 N–H and O–H groups in total. The van der Waals surface area contributed by atoms with Crippen molar-refractivity contribution in [2.75, 3.05) is 13.1 Å². The van der Waals surface area contributed by atoms with Gasteiger partial charge in [0.2, 0.25) is 0 Å². The molecule has 0 bridgehead atoms. The van der Waals surface area contributed by atoms with Crippen molar-refractivity contribution in [1.82, 2.24) is 5.32 Å². The van der Waals surface area contributed by atoms with Gasteiger partial charge in [0.1, 0.15) is 0 Å². The molecular weight excluding hydrogens is 329 g/mol. The van der Waals surface area contributed by atoms with Gasteiger partial charge in [-0.1, -0.05) is 0 Å². The zero-order chi connectivity index (χ0) is 11.8. The first-order valence-electron chi connectivity index (χ1n) is 5.73. The Bertz CT molecular complexity index is 591. The highest BCUT2D eigenvalue weighted by atomic mass is 127. The average molecular weight is 341 g/mol. The van der Waals surface area contributed by atoms with Gasteiger partial charge in [-0.25, -0.2) is 4.79 Å². The molecule has 2 heterocycles. The van der Waals surface area contributed by atoms with E-state index >= 15 is 0 Å². The summed E-state index contributed by atoms with van der Waals surface area (Å²) in [6.07, 6.45) is 2.19. The lowest BCUT2D eigenvalue weighted by molar-refractivity contribution is 0.256. The zero-order valence-electron chi connectivity index (χ0n) is 9.24. The van der Waals surface area contributed by atoms with Crippen LogP contribution < -0.4 is 16.0 Å². The molecule has 5 heteroatoms. The maximum Gasteiger partial charge on any atom is 0.368 e. The van der Waals surface area contributed by atoms with Gasteiger partial charge in [-0.3, -0.25) is 0 Å². The third kappa shape index (κ3) is 2.13. The standard InChI is InChI=1S/C12H12IN3O/c13-9-1-2-10-11(16-12(17)15-10)8(9)5-7-3-4-14-6-7/h1-2,7,14H,3-6H2. The van der Waals surface area contributed by atoms with Crippen LogP contribution >= 0.6 is 22.6 Å². The smallest absolute Gasteiger partial charge is 0.316 e. The van der Waals surface area contributed by atoms with Crippen LogP contribution in [-0.2, 0) is 6.42 Å². The van der Waals surface area contributed by atoms with Crippen LogP contribution in [0.25, 0.3) is 0 Å². The van der Waals surface area contributed by atoms with Gasteiger partial charge in [0, 0.05) is 3.57 Å². The number of urea groups is 1. The van der Waals surface area contributed by atoms with E-state index in [4.69, 9.17) is 0 Å². The van der Waals surface area contributed by atoms with Crippen molar-refractivity contribution in [3.63, 3.8) is 0 Å². The highest BCUT2D eigenvalue weighted by molar-refractivity contribution is 14.1. The number of halogens is 1. The topological polar surface area (TPSA) is 53.8 Å². The lowest BCUT2D eigenvalue weighted by Gasteiger charge is -2.09. The first kappa shape index (κ1) is 11.3. The monoisotopic (exact) mass is 341 g/mol. The van der Waals surface area contributed by atoms with Crippen molar-refractivity contribution in [2.24, 2.45) is 15.9 Å². The second-order valence-corrected chi connectivity index (χ2v) is 5.62. The Kier molecular flexibility index (Phi) is 2.96. The molecule has 1 saturated heterocycles. The summed E-state index contributed by atoms with van der Waals surface area (Å²) in [5, 5.41) is 4.90. The summed E-state index contributed by atoms with van der Waals surface area (Å²) < 4.78 is 1.18. The van der Waals surface area contributed by atoms with Crippen LogP contribution in [0.5, 0.6) is 0 Å². The molecule has 1 fully saturated rings. The fourth-order valence-corrected chi connectivity index (χ4v) is 3.06. The van der Waals surface area contributed by atoms with Crippen LogP contribution in [0.2, 0.25) is 0 Å². The molecule has 2 aliphatic heterocycles. The minimum Gasteiger partial charge on any atom is -0.316 e. The molecule has 2 aliphatic rings. The Morgan fingerprint density at radius 3 is 3.06 bits per heavy atom. The van der Waals surface area contributed by atoms with E-state index in [1.54, 1.807) is 0 Å². The SMILES string of the molecule is O=C1N=c2ccc(I)c(CC3CCNC3)c2=N1. The van der Waals surface area contributed by atoms with Gasteiger partial charge in [0.25, 0.3) is 0 Å². The van der Waals surface area contributed by atoms with E-state index in [1.807, 2.05) is 12.1 Å². The molecule has 4 nitrogen and oxygen atoms in total.